The average Bonchev–Trinajstić information content (AvgIpc) is 2.93. The van der Waals surface area contributed by atoms with E-state index in [-0.39, 0.29) is 29.1 Å². The van der Waals surface area contributed by atoms with Gasteiger partial charge in [0.25, 0.3) is 0 Å². The van der Waals surface area contributed by atoms with E-state index in [9.17, 15) is 4.79 Å². The first kappa shape index (κ1) is 29.0. The molecule has 0 aliphatic rings. The molecule has 0 radical (unpaired) electrons. The van der Waals surface area contributed by atoms with Crippen molar-refractivity contribution in [2.24, 2.45) is 31.9 Å². The molecule has 0 aliphatic heterocycles. The summed E-state index contributed by atoms with van der Waals surface area (Å²) in [4.78, 5) is 12.8. The number of nitrogens with zero attached hydrogens (tertiary/aromatic N) is 4. The molecule has 5 N–H and O–H groups in total. The molecule has 0 atom stereocenters. The lowest BCUT2D eigenvalue weighted by atomic mass is 10.2. The highest BCUT2D eigenvalue weighted by Gasteiger charge is 2.44. The van der Waals surface area contributed by atoms with Gasteiger partial charge in [-0.25, -0.2) is 0 Å². The van der Waals surface area contributed by atoms with E-state index in [1.54, 1.807) is 0 Å². The second-order valence-corrected chi connectivity index (χ2v) is 12.6. The van der Waals surface area contributed by atoms with Gasteiger partial charge in [0.05, 0.1) is 24.6 Å². The predicted octanol–water partition coefficient (Wildman–Crippen LogP) is 2.32. The van der Waals surface area contributed by atoms with Crippen LogP contribution in [0.1, 0.15) is 12.8 Å². The Morgan fingerprint density at radius 3 is 1.76 bits per heavy atom. The van der Waals surface area contributed by atoms with Gasteiger partial charge in [0, 0.05) is 12.8 Å². The summed E-state index contributed by atoms with van der Waals surface area (Å²) in [6.45, 7) is 0.504. The molecule has 3 aromatic carbocycles. The molecular weight excluding hydrogens is 533 g/mol. The lowest BCUT2D eigenvalue weighted by Gasteiger charge is -2.27. The van der Waals surface area contributed by atoms with Gasteiger partial charge in [-0.2, -0.15) is 15.3 Å². The number of nitrogens with one attached hydrogen (secondary N) is 1. The number of benzene rings is 3. The van der Waals surface area contributed by atoms with Crippen LogP contribution in [0.15, 0.2) is 111 Å². The highest BCUT2D eigenvalue weighted by molar-refractivity contribution is 7.96. The molecule has 0 bridgehead atoms. The van der Waals surface area contributed by atoms with Crippen molar-refractivity contribution in [3.05, 3.63) is 91.0 Å². The van der Waals surface area contributed by atoms with Crippen LogP contribution in [0.25, 0.3) is 0 Å². The van der Waals surface area contributed by atoms with E-state index < -0.39 is 7.26 Å². The van der Waals surface area contributed by atoms with Gasteiger partial charge in [-0.05, 0) is 41.6 Å². The van der Waals surface area contributed by atoms with Crippen LogP contribution in [0.5, 0.6) is 0 Å². The fraction of sp³-hybridized carbons (Fsp3) is 0.148. The van der Waals surface area contributed by atoms with Gasteiger partial charge in [0.1, 0.15) is 23.2 Å². The monoisotopic (exact) mass is 563 g/mol. The van der Waals surface area contributed by atoms with E-state index in [1.165, 1.54) is 22.1 Å². The van der Waals surface area contributed by atoms with Crippen LogP contribution in [-0.4, -0.2) is 40.9 Å². The first-order chi connectivity index (χ1) is 18.4. The van der Waals surface area contributed by atoms with Crippen LogP contribution in [0, 0.1) is 0 Å². The summed E-state index contributed by atoms with van der Waals surface area (Å²) in [5, 5.41) is 21.8. The molecule has 0 unspecified atom stereocenters. The summed E-state index contributed by atoms with van der Waals surface area (Å²) in [5.74, 6) is -0.118. The van der Waals surface area contributed by atoms with Crippen LogP contribution in [0.3, 0.4) is 0 Å². The second-order valence-electron chi connectivity index (χ2n) is 8.12. The summed E-state index contributed by atoms with van der Waals surface area (Å²) >= 11 is 8.58. The minimum atomic E-state index is -2.03. The average molecular weight is 564 g/mol. The minimum absolute atomic E-state index is 0.0188. The Morgan fingerprint density at radius 1 is 0.816 bits per heavy atom. The molecule has 0 fully saturated rings. The third kappa shape index (κ3) is 8.48. The quantitative estimate of drug-likeness (QED) is 0.0673. The Balaban J connectivity index is 1.79. The van der Waals surface area contributed by atoms with Gasteiger partial charge in [-0.1, -0.05) is 54.6 Å². The lowest BCUT2D eigenvalue weighted by Crippen LogP contribution is -2.37. The smallest absolute Gasteiger partial charge is 0.220 e. The number of rotatable bonds is 12. The zero-order valence-corrected chi connectivity index (χ0v) is 23.3. The van der Waals surface area contributed by atoms with Crippen molar-refractivity contribution in [3.63, 3.8) is 0 Å². The summed E-state index contributed by atoms with van der Waals surface area (Å²) in [7, 11) is -2.03. The van der Waals surface area contributed by atoms with Gasteiger partial charge in [-0.3, -0.25) is 4.79 Å². The number of amides is 1. The minimum Gasteiger partial charge on any atom is -0.741 e. The third-order valence-corrected chi connectivity index (χ3v) is 10.2. The summed E-state index contributed by atoms with van der Waals surface area (Å²) in [5.41, 5.74) is 11.2. The van der Waals surface area contributed by atoms with E-state index in [4.69, 9.17) is 11.5 Å². The molecular formula is C27H30N7OPS2. The molecule has 0 saturated carbocycles. The summed E-state index contributed by atoms with van der Waals surface area (Å²) in [6, 6.07) is 31.6. The number of amidine groups is 2. The molecule has 0 spiro atoms. The SMILES string of the molecule is N/C([S-])=N/N=C/C(CCC(=O)NCC[P+](c1ccccc1)(c1ccccc1)c1ccccc1)=N/N=C(/N)S. The number of hydrogen-bond donors (Lipinski definition) is 4. The normalized spacial score (nSPS) is 13.0. The maximum atomic E-state index is 12.8. The zero-order valence-electron chi connectivity index (χ0n) is 20.7. The number of carbonyl (C=O) groups is 1. The van der Waals surface area contributed by atoms with Crippen molar-refractivity contribution in [2.75, 3.05) is 12.7 Å². The van der Waals surface area contributed by atoms with Crippen molar-refractivity contribution in [2.45, 2.75) is 12.8 Å². The maximum Gasteiger partial charge on any atom is 0.220 e. The highest BCUT2D eigenvalue weighted by Crippen LogP contribution is 2.54. The molecule has 3 aromatic rings. The largest absolute Gasteiger partial charge is 0.741 e. The van der Waals surface area contributed by atoms with E-state index in [0.29, 0.717) is 12.3 Å². The summed E-state index contributed by atoms with van der Waals surface area (Å²) < 4.78 is 0. The van der Waals surface area contributed by atoms with Gasteiger partial charge >= 0.3 is 0 Å². The number of hydrogen-bond acceptors (Lipinski definition) is 6. The topological polar surface area (TPSA) is 131 Å². The van der Waals surface area contributed by atoms with E-state index >= 15 is 0 Å². The molecule has 38 heavy (non-hydrogen) atoms. The van der Waals surface area contributed by atoms with E-state index in [2.05, 4.69) is 124 Å². The molecule has 0 aliphatic carbocycles. The number of thiol groups is 1. The van der Waals surface area contributed by atoms with Crippen LogP contribution in [-0.2, 0) is 17.4 Å². The molecule has 11 heteroatoms. The Bertz CT molecular complexity index is 1200. The van der Waals surface area contributed by atoms with E-state index in [0.717, 1.165) is 6.16 Å². The molecule has 0 heterocycles. The number of nitrogens with two attached hydrogens (primary N) is 2. The standard InChI is InChI=1S/C27H30N7OPS2/c28-26(37)33-31-20-21(32-34-27(29)38)16-17-25(35)30-18-19-36(22-10-4-1-5-11-22,23-12-6-2-7-13-23)24-14-8-3-9-15-24/h1-15,20H,16-19H2,(H6-,28,29,30,31,32,33,34,35,37,38). The van der Waals surface area contributed by atoms with Gasteiger partial charge in [0.15, 0.2) is 5.17 Å². The Kier molecular flexibility index (Phi) is 11.4. The fourth-order valence-electron chi connectivity index (χ4n) is 3.98. The van der Waals surface area contributed by atoms with Gasteiger partial charge in [0.2, 0.25) is 5.91 Å². The second kappa shape index (κ2) is 15.0. The number of carbonyl (C=O) groups excluding carboxylic acids is 1. The van der Waals surface area contributed by atoms with E-state index in [1.807, 2.05) is 18.2 Å². The van der Waals surface area contributed by atoms with Crippen LogP contribution < -0.4 is 32.7 Å². The maximum absolute atomic E-state index is 12.8. The van der Waals surface area contributed by atoms with Crippen molar-refractivity contribution in [3.8, 4) is 0 Å². The molecule has 0 saturated heterocycles. The van der Waals surface area contributed by atoms with Crippen molar-refractivity contribution in [1.82, 2.24) is 5.32 Å². The Labute approximate surface area is 234 Å². The molecule has 1 amide bonds. The van der Waals surface area contributed by atoms with Crippen molar-refractivity contribution in [1.29, 1.82) is 0 Å². The molecule has 8 nitrogen and oxygen atoms in total. The van der Waals surface area contributed by atoms with Gasteiger partial charge < -0.3 is 29.4 Å². The van der Waals surface area contributed by atoms with Gasteiger partial charge in [-0.15, -0.1) is 17.7 Å². The Hall–Kier alpha value is -3.59. The van der Waals surface area contributed by atoms with Crippen LogP contribution in [0.2, 0.25) is 0 Å². The van der Waals surface area contributed by atoms with Crippen molar-refractivity contribution < 1.29 is 4.79 Å². The first-order valence-electron chi connectivity index (χ1n) is 11.9. The predicted molar refractivity (Wildman–Crippen MR) is 168 cm³/mol. The summed E-state index contributed by atoms with van der Waals surface area (Å²) in [6.07, 6.45) is 2.55. The van der Waals surface area contributed by atoms with Crippen LogP contribution in [0.4, 0.5) is 0 Å². The fourth-order valence-corrected chi connectivity index (χ4v) is 8.23. The van der Waals surface area contributed by atoms with Crippen molar-refractivity contribution >= 4 is 76.6 Å². The molecule has 196 valence electrons. The zero-order chi connectivity index (χ0) is 27.2. The third-order valence-electron chi connectivity index (χ3n) is 5.61. The highest BCUT2D eigenvalue weighted by atomic mass is 32.1. The molecule has 0 aromatic heterocycles. The van der Waals surface area contributed by atoms with Crippen LogP contribution >= 0.6 is 19.9 Å². The molecule has 3 rings (SSSR count). The lowest BCUT2D eigenvalue weighted by molar-refractivity contribution is -0.120. The Morgan fingerprint density at radius 2 is 1.32 bits per heavy atom. The first-order valence-corrected chi connectivity index (χ1v) is 14.7.